The van der Waals surface area contributed by atoms with Crippen molar-refractivity contribution < 1.29 is 4.79 Å². The summed E-state index contributed by atoms with van der Waals surface area (Å²) in [5, 5.41) is 7.46. The normalized spacial score (nSPS) is 11.2. The Bertz CT molecular complexity index is 1250. The Morgan fingerprint density at radius 1 is 0.968 bits per heavy atom. The second-order valence-electron chi connectivity index (χ2n) is 7.69. The van der Waals surface area contributed by atoms with Gasteiger partial charge in [0.2, 0.25) is 5.91 Å². The molecular weight excluding hydrogens is 390 g/mol. The zero-order valence-electron chi connectivity index (χ0n) is 17.9. The zero-order valence-corrected chi connectivity index (χ0v) is 17.9. The average molecular weight is 418 g/mol. The summed E-state index contributed by atoms with van der Waals surface area (Å²) < 4.78 is 5.27. The van der Waals surface area contributed by atoms with Crippen LogP contribution < -0.4 is 11.0 Å². The molecule has 0 radical (unpaired) electrons. The number of carbonyl (C=O) groups is 1. The molecule has 0 fully saturated rings. The van der Waals surface area contributed by atoms with Crippen molar-refractivity contribution >= 4 is 22.8 Å². The molecule has 31 heavy (non-hydrogen) atoms. The van der Waals surface area contributed by atoms with Crippen LogP contribution in [0.15, 0.2) is 65.5 Å². The Morgan fingerprint density at radius 2 is 1.61 bits per heavy atom. The van der Waals surface area contributed by atoms with Gasteiger partial charge in [-0.2, -0.15) is 5.10 Å². The Balaban J connectivity index is 1.49. The molecule has 7 nitrogen and oxygen atoms in total. The van der Waals surface area contributed by atoms with Crippen molar-refractivity contribution in [2.24, 2.45) is 0 Å². The first-order valence-corrected chi connectivity index (χ1v) is 10.6. The first-order valence-electron chi connectivity index (χ1n) is 10.6. The molecule has 4 rings (SSSR count). The van der Waals surface area contributed by atoms with Crippen LogP contribution in [0.3, 0.4) is 0 Å². The fraction of sp³-hybridized carbons (Fsp3) is 0.292. The number of anilines is 1. The number of aryl methyl sites for hydroxylation is 3. The van der Waals surface area contributed by atoms with Crippen LogP contribution in [0, 0.1) is 6.92 Å². The number of nitrogens with one attached hydrogen (secondary N) is 1. The van der Waals surface area contributed by atoms with Gasteiger partial charge in [-0.05, 0) is 31.0 Å². The van der Waals surface area contributed by atoms with Crippen LogP contribution >= 0.6 is 0 Å². The molecule has 7 heteroatoms. The van der Waals surface area contributed by atoms with Gasteiger partial charge in [0.15, 0.2) is 0 Å². The van der Waals surface area contributed by atoms with Crippen molar-refractivity contribution in [2.75, 3.05) is 5.32 Å². The summed E-state index contributed by atoms with van der Waals surface area (Å²) in [6.45, 7) is 5.52. The number of hydrogen-bond donors (Lipinski definition) is 1. The van der Waals surface area contributed by atoms with Crippen molar-refractivity contribution in [1.29, 1.82) is 0 Å². The third-order valence-electron chi connectivity index (χ3n) is 5.28. The lowest BCUT2D eigenvalue weighted by atomic mass is 10.2. The SMILES string of the molecule is CCCn1c(=O)n(CCC(=O)Nc2cc(C)nn2Cc2ccccc2)c2ccccc21. The summed E-state index contributed by atoms with van der Waals surface area (Å²) in [5.41, 5.74) is 3.65. The van der Waals surface area contributed by atoms with Gasteiger partial charge in [0.1, 0.15) is 5.82 Å². The molecule has 0 unspecified atom stereocenters. The number of carbonyl (C=O) groups excluding carboxylic acids is 1. The number of para-hydroxylation sites is 2. The first kappa shape index (κ1) is 20.7. The van der Waals surface area contributed by atoms with E-state index in [1.807, 2.05) is 74.5 Å². The minimum Gasteiger partial charge on any atom is -0.311 e. The fourth-order valence-corrected chi connectivity index (χ4v) is 3.87. The Labute approximate surface area is 180 Å². The smallest absolute Gasteiger partial charge is 0.311 e. The number of hydrogen-bond acceptors (Lipinski definition) is 3. The second kappa shape index (κ2) is 9.04. The van der Waals surface area contributed by atoms with E-state index in [4.69, 9.17) is 0 Å². The molecule has 0 bridgehead atoms. The highest BCUT2D eigenvalue weighted by molar-refractivity contribution is 5.90. The van der Waals surface area contributed by atoms with Gasteiger partial charge < -0.3 is 5.32 Å². The van der Waals surface area contributed by atoms with E-state index in [-0.39, 0.29) is 18.0 Å². The van der Waals surface area contributed by atoms with Crippen LogP contribution in [0.4, 0.5) is 5.82 Å². The summed E-state index contributed by atoms with van der Waals surface area (Å²) in [7, 11) is 0. The van der Waals surface area contributed by atoms with Crippen molar-refractivity contribution in [3.63, 3.8) is 0 Å². The Hall–Kier alpha value is -3.61. The predicted octanol–water partition coefficient (Wildman–Crippen LogP) is 3.80. The van der Waals surface area contributed by atoms with E-state index in [1.54, 1.807) is 13.8 Å². The van der Waals surface area contributed by atoms with Crippen molar-refractivity contribution in [3.05, 3.63) is 82.4 Å². The molecule has 2 aromatic carbocycles. The van der Waals surface area contributed by atoms with Crippen molar-refractivity contribution in [3.8, 4) is 0 Å². The number of aromatic nitrogens is 4. The highest BCUT2D eigenvalue weighted by Gasteiger charge is 2.15. The standard InChI is InChI=1S/C24H27N5O2/c1-3-14-27-20-11-7-8-12-21(20)28(24(27)31)15-13-23(30)25-22-16-18(2)26-29(22)17-19-9-5-4-6-10-19/h4-12,16H,3,13-15,17H2,1-2H3,(H,25,30). The molecule has 0 saturated heterocycles. The lowest BCUT2D eigenvalue weighted by Crippen LogP contribution is -2.26. The number of nitrogens with zero attached hydrogens (tertiary/aromatic N) is 4. The van der Waals surface area contributed by atoms with Crippen LogP contribution in [-0.4, -0.2) is 24.8 Å². The molecule has 0 aliphatic carbocycles. The molecule has 1 amide bonds. The maximum atomic E-state index is 12.9. The van der Waals surface area contributed by atoms with Crippen LogP contribution in [0.5, 0.6) is 0 Å². The maximum absolute atomic E-state index is 12.9. The third kappa shape index (κ3) is 4.45. The molecule has 0 saturated carbocycles. The van der Waals surface area contributed by atoms with Gasteiger partial charge in [0.25, 0.3) is 0 Å². The summed E-state index contributed by atoms with van der Waals surface area (Å²) in [6.07, 6.45) is 1.08. The average Bonchev–Trinajstić information content (AvgIpc) is 3.24. The minimum absolute atomic E-state index is 0.0687. The molecule has 2 heterocycles. The van der Waals surface area contributed by atoms with Crippen LogP contribution in [0.25, 0.3) is 11.0 Å². The Kier molecular flexibility index (Phi) is 6.02. The van der Waals surface area contributed by atoms with Crippen molar-refractivity contribution in [2.45, 2.75) is 46.3 Å². The molecule has 4 aromatic rings. The van der Waals surface area contributed by atoms with Gasteiger partial charge >= 0.3 is 5.69 Å². The maximum Gasteiger partial charge on any atom is 0.329 e. The third-order valence-corrected chi connectivity index (χ3v) is 5.28. The van der Waals surface area contributed by atoms with Crippen LogP contribution in [0.1, 0.15) is 31.0 Å². The first-order chi connectivity index (χ1) is 15.1. The molecule has 0 aliphatic rings. The monoisotopic (exact) mass is 417 g/mol. The molecular formula is C24H27N5O2. The topological polar surface area (TPSA) is 73.8 Å². The highest BCUT2D eigenvalue weighted by Crippen LogP contribution is 2.16. The van der Waals surface area contributed by atoms with E-state index >= 15 is 0 Å². The molecule has 160 valence electrons. The summed E-state index contributed by atoms with van der Waals surface area (Å²) in [6, 6.07) is 19.6. The largest absolute Gasteiger partial charge is 0.329 e. The van der Waals surface area contributed by atoms with E-state index in [0.29, 0.717) is 25.5 Å². The lowest BCUT2D eigenvalue weighted by Gasteiger charge is -2.09. The van der Waals surface area contributed by atoms with Gasteiger partial charge in [-0.1, -0.05) is 49.4 Å². The van der Waals surface area contributed by atoms with E-state index in [0.717, 1.165) is 28.7 Å². The number of fused-ring (bicyclic) bond motifs is 1. The number of benzene rings is 2. The summed E-state index contributed by atoms with van der Waals surface area (Å²) in [4.78, 5) is 25.6. The van der Waals surface area contributed by atoms with E-state index < -0.39 is 0 Å². The molecule has 0 atom stereocenters. The zero-order chi connectivity index (χ0) is 21.8. The van der Waals surface area contributed by atoms with Crippen LogP contribution in [-0.2, 0) is 24.4 Å². The molecule has 0 aliphatic heterocycles. The van der Waals surface area contributed by atoms with Gasteiger partial charge in [0, 0.05) is 25.6 Å². The molecule has 2 aromatic heterocycles. The molecule has 1 N–H and O–H groups in total. The van der Waals surface area contributed by atoms with E-state index in [2.05, 4.69) is 10.4 Å². The van der Waals surface area contributed by atoms with Crippen LogP contribution in [0.2, 0.25) is 0 Å². The fourth-order valence-electron chi connectivity index (χ4n) is 3.87. The summed E-state index contributed by atoms with van der Waals surface area (Å²) >= 11 is 0. The van der Waals surface area contributed by atoms with Crippen molar-refractivity contribution in [1.82, 2.24) is 18.9 Å². The molecule has 0 spiro atoms. The van der Waals surface area contributed by atoms with Gasteiger partial charge in [-0.25, -0.2) is 9.48 Å². The van der Waals surface area contributed by atoms with Gasteiger partial charge in [0.05, 0.1) is 23.3 Å². The highest BCUT2D eigenvalue weighted by atomic mass is 16.2. The predicted molar refractivity (Wildman–Crippen MR) is 122 cm³/mol. The Morgan fingerprint density at radius 3 is 2.29 bits per heavy atom. The van der Waals surface area contributed by atoms with Gasteiger partial charge in [-0.15, -0.1) is 0 Å². The number of imidazole rings is 1. The minimum atomic E-state index is -0.145. The van der Waals surface area contributed by atoms with E-state index in [9.17, 15) is 9.59 Å². The van der Waals surface area contributed by atoms with Gasteiger partial charge in [-0.3, -0.25) is 13.9 Å². The number of rotatable bonds is 8. The van der Waals surface area contributed by atoms with E-state index in [1.165, 1.54) is 0 Å². The number of amides is 1. The lowest BCUT2D eigenvalue weighted by molar-refractivity contribution is -0.116. The quantitative estimate of drug-likeness (QED) is 0.474. The second-order valence-corrected chi connectivity index (χ2v) is 7.69. The summed E-state index contributed by atoms with van der Waals surface area (Å²) in [5.74, 6) is 0.514.